The van der Waals surface area contributed by atoms with Gasteiger partial charge in [0, 0.05) is 0 Å². The summed E-state index contributed by atoms with van der Waals surface area (Å²) in [7, 11) is 3.04. The van der Waals surface area contributed by atoms with E-state index in [0.717, 1.165) is 0 Å². The molecule has 10 nitrogen and oxygen atoms in total. The molecular formula is C27H26N2O8S. The van der Waals surface area contributed by atoms with Crippen LogP contribution in [-0.2, 0) is 14.3 Å². The van der Waals surface area contributed by atoms with Crippen LogP contribution in [0.3, 0.4) is 0 Å². The highest BCUT2D eigenvalue weighted by atomic mass is 32.1. The van der Waals surface area contributed by atoms with E-state index < -0.39 is 24.6 Å². The van der Waals surface area contributed by atoms with Crippen molar-refractivity contribution >= 4 is 29.4 Å². The average molecular weight is 539 g/mol. The molecule has 2 aromatic carbocycles. The number of ether oxygens (including phenoxy) is 4. The van der Waals surface area contributed by atoms with Gasteiger partial charge in [0.2, 0.25) is 0 Å². The van der Waals surface area contributed by atoms with E-state index in [1.165, 1.54) is 30.1 Å². The molecule has 38 heavy (non-hydrogen) atoms. The summed E-state index contributed by atoms with van der Waals surface area (Å²) in [6, 6.07) is 11.1. The number of thiazole rings is 1. The summed E-state index contributed by atoms with van der Waals surface area (Å²) < 4.78 is 23.2. The molecule has 0 bridgehead atoms. The number of aromatic nitrogens is 1. The summed E-state index contributed by atoms with van der Waals surface area (Å²) in [5.74, 6) is -0.265. The largest absolute Gasteiger partial charge is 0.493 e. The third-order valence-electron chi connectivity index (χ3n) is 5.78. The lowest BCUT2D eigenvalue weighted by Gasteiger charge is -2.25. The Morgan fingerprint density at radius 1 is 1.11 bits per heavy atom. The second-order valence-corrected chi connectivity index (χ2v) is 9.18. The maximum absolute atomic E-state index is 13.7. The molecule has 0 amide bonds. The van der Waals surface area contributed by atoms with Crippen LogP contribution in [0.5, 0.6) is 17.2 Å². The number of methoxy groups -OCH3 is 2. The minimum atomic E-state index is -1.07. The Kier molecular flexibility index (Phi) is 7.96. The number of carbonyl (C=O) groups excluding carboxylic acids is 1. The summed E-state index contributed by atoms with van der Waals surface area (Å²) >= 11 is 1.20. The Hall–Kier alpha value is -4.38. The highest BCUT2D eigenvalue weighted by Crippen LogP contribution is 2.36. The van der Waals surface area contributed by atoms with Gasteiger partial charge < -0.3 is 24.1 Å². The lowest BCUT2D eigenvalue weighted by atomic mass is 9.95. The number of allylic oxidation sites excluding steroid dienone is 1. The van der Waals surface area contributed by atoms with Gasteiger partial charge >= 0.3 is 11.9 Å². The van der Waals surface area contributed by atoms with Crippen molar-refractivity contribution in [3.8, 4) is 17.2 Å². The average Bonchev–Trinajstić information content (AvgIpc) is 3.21. The van der Waals surface area contributed by atoms with Crippen molar-refractivity contribution in [1.82, 2.24) is 4.57 Å². The van der Waals surface area contributed by atoms with E-state index >= 15 is 0 Å². The number of esters is 1. The van der Waals surface area contributed by atoms with Crippen molar-refractivity contribution in [3.63, 3.8) is 0 Å². The number of nitrogens with zero attached hydrogens (tertiary/aromatic N) is 2. The van der Waals surface area contributed by atoms with Crippen molar-refractivity contribution in [2.45, 2.75) is 19.9 Å². The van der Waals surface area contributed by atoms with Crippen LogP contribution in [0.25, 0.3) is 6.08 Å². The van der Waals surface area contributed by atoms with Gasteiger partial charge in [-0.05, 0) is 55.3 Å². The fourth-order valence-corrected chi connectivity index (χ4v) is 5.13. The van der Waals surface area contributed by atoms with E-state index in [9.17, 15) is 14.4 Å². The number of rotatable bonds is 9. The number of fused-ring (bicyclic) bond motifs is 1. The Bertz CT molecular complexity index is 1580. The van der Waals surface area contributed by atoms with Gasteiger partial charge in [-0.15, -0.1) is 0 Å². The standard InChI is InChI=1S/C27H26N2O8S/c1-5-36-26(33)23-15(2)28-27-29(24(23)17-8-11-19(34-3)20(13-17)35-4)25(32)21(38-27)12-16-6-9-18(10-7-16)37-14-22(30)31/h6-13,24H,5,14H2,1-4H3,(H,30,31)/b21-12+. The molecule has 2 heterocycles. The van der Waals surface area contributed by atoms with E-state index in [4.69, 9.17) is 24.1 Å². The van der Waals surface area contributed by atoms with Crippen molar-refractivity contribution in [1.29, 1.82) is 0 Å². The highest BCUT2D eigenvalue weighted by Gasteiger charge is 2.33. The van der Waals surface area contributed by atoms with Crippen LogP contribution in [0.2, 0.25) is 0 Å². The molecule has 0 aliphatic carbocycles. The van der Waals surface area contributed by atoms with Crippen LogP contribution in [-0.4, -0.2) is 49.0 Å². The first-order chi connectivity index (χ1) is 18.3. The molecular weight excluding hydrogens is 512 g/mol. The second-order valence-electron chi connectivity index (χ2n) is 8.17. The maximum atomic E-state index is 13.7. The molecule has 0 saturated carbocycles. The predicted molar refractivity (Wildman–Crippen MR) is 140 cm³/mol. The quantitative estimate of drug-likeness (QED) is 0.412. The third-order valence-corrected chi connectivity index (χ3v) is 6.76. The number of hydrogen-bond donors (Lipinski definition) is 1. The van der Waals surface area contributed by atoms with Gasteiger partial charge in [0.15, 0.2) is 22.9 Å². The summed E-state index contributed by atoms with van der Waals surface area (Å²) in [6.07, 6.45) is 1.71. The van der Waals surface area contributed by atoms with E-state index in [-0.39, 0.29) is 17.7 Å². The molecule has 0 radical (unpaired) electrons. The number of hydrogen-bond acceptors (Lipinski definition) is 9. The summed E-state index contributed by atoms with van der Waals surface area (Å²) in [6.45, 7) is 3.15. The number of carboxylic acid groups (broad SMARTS) is 1. The molecule has 0 spiro atoms. The number of carbonyl (C=O) groups is 2. The second kappa shape index (κ2) is 11.3. The number of carboxylic acids is 1. The number of benzene rings is 2. The Balaban J connectivity index is 1.85. The molecule has 0 fully saturated rings. The van der Waals surface area contributed by atoms with Gasteiger partial charge in [-0.25, -0.2) is 14.6 Å². The minimum Gasteiger partial charge on any atom is -0.493 e. The molecule has 1 unspecified atom stereocenters. The maximum Gasteiger partial charge on any atom is 0.341 e. The van der Waals surface area contributed by atoms with Crippen LogP contribution in [0.15, 0.2) is 63.5 Å². The lowest BCUT2D eigenvalue weighted by molar-refractivity contribution is -0.140. The Morgan fingerprint density at radius 3 is 2.45 bits per heavy atom. The van der Waals surface area contributed by atoms with Gasteiger partial charge in [-0.3, -0.25) is 9.36 Å². The normalized spacial score (nSPS) is 14.9. The van der Waals surface area contributed by atoms with E-state index in [2.05, 4.69) is 4.99 Å². The molecule has 0 saturated heterocycles. The molecule has 3 aromatic rings. The zero-order valence-corrected chi connectivity index (χ0v) is 22.0. The van der Waals surface area contributed by atoms with Gasteiger partial charge in [0.1, 0.15) is 5.75 Å². The molecule has 198 valence electrons. The van der Waals surface area contributed by atoms with Crippen LogP contribution in [0.4, 0.5) is 0 Å². The summed E-state index contributed by atoms with van der Waals surface area (Å²) in [5.41, 5.74) is 1.73. The number of aliphatic carboxylic acids is 1. The van der Waals surface area contributed by atoms with Gasteiger partial charge in [-0.1, -0.05) is 29.5 Å². The van der Waals surface area contributed by atoms with Crippen LogP contribution in [0, 0.1) is 0 Å². The summed E-state index contributed by atoms with van der Waals surface area (Å²) in [5, 5.41) is 8.77. The van der Waals surface area contributed by atoms with E-state index in [0.29, 0.717) is 43.4 Å². The third kappa shape index (κ3) is 5.32. The van der Waals surface area contributed by atoms with Crippen LogP contribution >= 0.6 is 11.3 Å². The first-order valence-electron chi connectivity index (χ1n) is 11.6. The molecule has 1 atom stereocenters. The first kappa shape index (κ1) is 26.7. The SMILES string of the molecule is CCOC(=O)C1=C(C)N=c2s/c(=C/c3ccc(OCC(=O)O)cc3)c(=O)n2C1c1ccc(OC)c(OC)c1. The van der Waals surface area contributed by atoms with Crippen molar-refractivity contribution in [3.05, 3.63) is 84.5 Å². The lowest BCUT2D eigenvalue weighted by Crippen LogP contribution is -2.39. The van der Waals surface area contributed by atoms with Crippen molar-refractivity contribution in [2.24, 2.45) is 4.99 Å². The van der Waals surface area contributed by atoms with Crippen molar-refractivity contribution in [2.75, 3.05) is 27.4 Å². The van der Waals surface area contributed by atoms with E-state index in [1.54, 1.807) is 62.4 Å². The minimum absolute atomic E-state index is 0.171. The monoisotopic (exact) mass is 538 g/mol. The fourth-order valence-electron chi connectivity index (χ4n) is 4.09. The predicted octanol–water partition coefficient (Wildman–Crippen LogP) is 2.28. The molecule has 11 heteroatoms. The van der Waals surface area contributed by atoms with Gasteiger partial charge in [-0.2, -0.15) is 0 Å². The van der Waals surface area contributed by atoms with Gasteiger partial charge in [0.05, 0.1) is 42.7 Å². The zero-order chi connectivity index (χ0) is 27.4. The zero-order valence-electron chi connectivity index (χ0n) is 21.2. The molecule has 4 rings (SSSR count). The first-order valence-corrected chi connectivity index (χ1v) is 12.4. The smallest absolute Gasteiger partial charge is 0.341 e. The Labute approximate surface area is 221 Å². The van der Waals surface area contributed by atoms with Crippen LogP contribution in [0.1, 0.15) is 31.0 Å². The topological polar surface area (TPSA) is 126 Å². The molecule has 1 aromatic heterocycles. The molecule has 1 aliphatic rings. The van der Waals surface area contributed by atoms with Crippen molar-refractivity contribution < 1.29 is 33.6 Å². The molecule has 1 N–H and O–H groups in total. The summed E-state index contributed by atoms with van der Waals surface area (Å²) in [4.78, 5) is 42.5. The highest BCUT2D eigenvalue weighted by molar-refractivity contribution is 7.07. The molecule has 1 aliphatic heterocycles. The van der Waals surface area contributed by atoms with E-state index in [1.807, 2.05) is 0 Å². The fraction of sp³-hybridized carbons (Fsp3) is 0.259. The Morgan fingerprint density at radius 2 is 1.82 bits per heavy atom. The van der Waals surface area contributed by atoms with Crippen LogP contribution < -0.4 is 29.1 Å². The van der Waals surface area contributed by atoms with Gasteiger partial charge in [0.25, 0.3) is 5.56 Å².